The van der Waals surface area contributed by atoms with Crippen LogP contribution in [-0.2, 0) is 0 Å². The van der Waals surface area contributed by atoms with Crippen LogP contribution in [0.1, 0.15) is 23.7 Å². The van der Waals surface area contributed by atoms with Crippen molar-refractivity contribution in [2.24, 2.45) is 5.92 Å². The van der Waals surface area contributed by atoms with Crippen LogP contribution in [0.3, 0.4) is 0 Å². The Morgan fingerprint density at radius 1 is 1.04 bits per heavy atom. The molecule has 2 aromatic carbocycles. The van der Waals surface area contributed by atoms with Gasteiger partial charge in [-0.2, -0.15) is 0 Å². The summed E-state index contributed by atoms with van der Waals surface area (Å²) in [5.41, 5.74) is 4.37. The Morgan fingerprint density at radius 3 is 2.58 bits per heavy atom. The number of likely N-dealkylation sites (N-methyl/N-ethyl adjacent to an activating group) is 1. The minimum atomic E-state index is 0.113. The Bertz CT molecular complexity index is 753. The Morgan fingerprint density at radius 2 is 1.83 bits per heavy atom. The molecule has 2 aromatic rings. The van der Waals surface area contributed by atoms with Crippen LogP contribution >= 0.6 is 0 Å². The normalized spacial score (nSPS) is 23.5. The molecule has 2 heterocycles. The summed E-state index contributed by atoms with van der Waals surface area (Å²) in [7, 11) is 2.22. The molecular formula is C21H24N2O. The van der Waals surface area contributed by atoms with Gasteiger partial charge >= 0.3 is 0 Å². The van der Waals surface area contributed by atoms with Crippen LogP contribution < -0.4 is 4.90 Å². The summed E-state index contributed by atoms with van der Waals surface area (Å²) in [5, 5.41) is 0. The Kier molecular flexibility index (Phi) is 3.89. The third kappa shape index (κ3) is 2.73. The average molecular weight is 320 g/mol. The predicted molar refractivity (Wildman–Crippen MR) is 98.6 cm³/mol. The van der Waals surface area contributed by atoms with E-state index in [-0.39, 0.29) is 5.78 Å². The van der Waals surface area contributed by atoms with Gasteiger partial charge in [-0.05, 0) is 55.6 Å². The summed E-state index contributed by atoms with van der Waals surface area (Å²) in [4.78, 5) is 16.6. The third-order valence-corrected chi connectivity index (χ3v) is 5.53. The lowest BCUT2D eigenvalue weighted by Crippen LogP contribution is -2.34. The van der Waals surface area contributed by atoms with Gasteiger partial charge in [-0.25, -0.2) is 0 Å². The fourth-order valence-electron chi connectivity index (χ4n) is 4.26. The van der Waals surface area contributed by atoms with Crippen LogP contribution in [0.5, 0.6) is 0 Å². The quantitative estimate of drug-likeness (QED) is 0.806. The second-order valence-corrected chi connectivity index (χ2v) is 7.21. The van der Waals surface area contributed by atoms with E-state index in [0.717, 1.165) is 17.0 Å². The first-order valence-electron chi connectivity index (χ1n) is 8.78. The SMILES string of the molecule is CC(=O)c1cccc(-c2ccc(N3CC[C@@H]4CN(C)C[C@@H]43)cc2)c1. The number of ketones is 1. The maximum absolute atomic E-state index is 11.6. The van der Waals surface area contributed by atoms with Crippen LogP contribution in [0, 0.1) is 5.92 Å². The van der Waals surface area contributed by atoms with Crippen molar-refractivity contribution in [1.82, 2.24) is 4.90 Å². The third-order valence-electron chi connectivity index (χ3n) is 5.53. The molecule has 0 radical (unpaired) electrons. The van der Waals surface area contributed by atoms with Crippen LogP contribution in [0.25, 0.3) is 11.1 Å². The smallest absolute Gasteiger partial charge is 0.159 e. The standard InChI is InChI=1S/C21H24N2O/c1-15(24)17-4-3-5-18(12-17)16-6-8-20(9-7-16)23-11-10-19-13-22(2)14-21(19)23/h3-9,12,19,21H,10-11,13-14H2,1-2H3/t19-,21+/m1/s1. The van der Waals surface area contributed by atoms with Gasteiger partial charge < -0.3 is 9.80 Å². The largest absolute Gasteiger partial charge is 0.367 e. The predicted octanol–water partition coefficient (Wildman–Crippen LogP) is 3.70. The van der Waals surface area contributed by atoms with Gasteiger partial charge in [0.15, 0.2) is 5.78 Å². The van der Waals surface area contributed by atoms with Crippen LogP contribution in [0.2, 0.25) is 0 Å². The Labute approximate surface area is 143 Å². The van der Waals surface area contributed by atoms with Crippen molar-refractivity contribution in [3.05, 3.63) is 54.1 Å². The van der Waals surface area contributed by atoms with Gasteiger partial charge in [0, 0.05) is 36.9 Å². The van der Waals surface area contributed by atoms with E-state index in [0.29, 0.717) is 6.04 Å². The highest BCUT2D eigenvalue weighted by molar-refractivity contribution is 5.95. The summed E-state index contributed by atoms with van der Waals surface area (Å²) in [6.45, 7) is 5.19. The topological polar surface area (TPSA) is 23.6 Å². The summed E-state index contributed by atoms with van der Waals surface area (Å²) >= 11 is 0. The molecule has 0 N–H and O–H groups in total. The van der Waals surface area contributed by atoms with Gasteiger partial charge in [0.25, 0.3) is 0 Å². The van der Waals surface area contributed by atoms with Crippen molar-refractivity contribution in [3.63, 3.8) is 0 Å². The molecule has 0 spiro atoms. The molecule has 3 heteroatoms. The van der Waals surface area contributed by atoms with E-state index in [1.165, 1.54) is 37.3 Å². The number of anilines is 1. The zero-order chi connectivity index (χ0) is 16.7. The first-order chi connectivity index (χ1) is 11.6. The molecule has 0 aliphatic carbocycles. The van der Waals surface area contributed by atoms with E-state index in [4.69, 9.17) is 0 Å². The fourth-order valence-corrected chi connectivity index (χ4v) is 4.26. The van der Waals surface area contributed by atoms with Crippen molar-refractivity contribution in [3.8, 4) is 11.1 Å². The maximum Gasteiger partial charge on any atom is 0.159 e. The number of carbonyl (C=O) groups excluding carboxylic acids is 1. The van der Waals surface area contributed by atoms with Gasteiger partial charge in [0.05, 0.1) is 0 Å². The second-order valence-electron chi connectivity index (χ2n) is 7.21. The van der Waals surface area contributed by atoms with Crippen molar-refractivity contribution < 1.29 is 4.79 Å². The molecular weight excluding hydrogens is 296 g/mol. The molecule has 0 amide bonds. The number of rotatable bonds is 3. The number of nitrogens with zero attached hydrogens (tertiary/aromatic N) is 2. The van der Waals surface area contributed by atoms with Gasteiger partial charge in [-0.1, -0.05) is 30.3 Å². The molecule has 2 aliphatic heterocycles. The zero-order valence-corrected chi connectivity index (χ0v) is 14.4. The van der Waals surface area contributed by atoms with Crippen molar-refractivity contribution in [2.45, 2.75) is 19.4 Å². The van der Waals surface area contributed by atoms with E-state index in [1.54, 1.807) is 6.92 Å². The highest BCUT2D eigenvalue weighted by atomic mass is 16.1. The molecule has 2 fully saturated rings. The number of fused-ring (bicyclic) bond motifs is 1. The molecule has 0 bridgehead atoms. The molecule has 0 unspecified atom stereocenters. The lowest BCUT2D eigenvalue weighted by Gasteiger charge is -2.26. The van der Waals surface area contributed by atoms with Gasteiger partial charge in [0.2, 0.25) is 0 Å². The lowest BCUT2D eigenvalue weighted by molar-refractivity contribution is 0.101. The van der Waals surface area contributed by atoms with Crippen LogP contribution in [0.4, 0.5) is 5.69 Å². The summed E-state index contributed by atoms with van der Waals surface area (Å²) < 4.78 is 0. The summed E-state index contributed by atoms with van der Waals surface area (Å²) in [6, 6.07) is 17.4. The van der Waals surface area contributed by atoms with Crippen LogP contribution in [0.15, 0.2) is 48.5 Å². The molecule has 0 aromatic heterocycles. The fraction of sp³-hybridized carbons (Fsp3) is 0.381. The average Bonchev–Trinajstić information content (AvgIpc) is 3.14. The molecule has 2 aliphatic rings. The second kappa shape index (κ2) is 6.06. The Hall–Kier alpha value is -2.13. The summed E-state index contributed by atoms with van der Waals surface area (Å²) in [6.07, 6.45) is 1.30. The first-order valence-corrected chi connectivity index (χ1v) is 8.78. The number of benzene rings is 2. The zero-order valence-electron chi connectivity index (χ0n) is 14.4. The van der Waals surface area contributed by atoms with E-state index in [9.17, 15) is 4.79 Å². The van der Waals surface area contributed by atoms with Gasteiger partial charge in [0.1, 0.15) is 0 Å². The number of carbonyl (C=O) groups is 1. The van der Waals surface area contributed by atoms with E-state index in [1.807, 2.05) is 18.2 Å². The molecule has 3 nitrogen and oxygen atoms in total. The molecule has 24 heavy (non-hydrogen) atoms. The summed E-state index contributed by atoms with van der Waals surface area (Å²) in [5.74, 6) is 0.934. The van der Waals surface area contributed by atoms with E-state index in [2.05, 4.69) is 47.2 Å². The molecule has 0 saturated carbocycles. The highest BCUT2D eigenvalue weighted by Gasteiger charge is 2.39. The molecule has 4 rings (SSSR count). The van der Waals surface area contributed by atoms with Crippen molar-refractivity contribution in [1.29, 1.82) is 0 Å². The molecule has 2 saturated heterocycles. The van der Waals surface area contributed by atoms with Gasteiger partial charge in [-0.15, -0.1) is 0 Å². The Balaban J connectivity index is 1.57. The van der Waals surface area contributed by atoms with Crippen molar-refractivity contribution in [2.75, 3.05) is 31.6 Å². The molecule has 2 atom stereocenters. The first kappa shape index (κ1) is 15.4. The van der Waals surface area contributed by atoms with E-state index >= 15 is 0 Å². The van der Waals surface area contributed by atoms with E-state index < -0.39 is 0 Å². The van der Waals surface area contributed by atoms with Crippen molar-refractivity contribution >= 4 is 11.5 Å². The number of Topliss-reactive ketones (excluding diaryl/α,β-unsaturated/α-hetero) is 1. The minimum absolute atomic E-state index is 0.113. The number of hydrogen-bond donors (Lipinski definition) is 0. The lowest BCUT2D eigenvalue weighted by atomic mass is 10.0. The highest BCUT2D eigenvalue weighted by Crippen LogP contribution is 2.35. The van der Waals surface area contributed by atoms with Crippen LogP contribution in [-0.4, -0.2) is 43.4 Å². The number of hydrogen-bond acceptors (Lipinski definition) is 3. The van der Waals surface area contributed by atoms with Gasteiger partial charge in [-0.3, -0.25) is 4.79 Å². The monoisotopic (exact) mass is 320 g/mol. The molecule has 124 valence electrons. The maximum atomic E-state index is 11.6. The minimum Gasteiger partial charge on any atom is -0.367 e. The number of likely N-dealkylation sites (tertiary alicyclic amines) is 1.